The van der Waals surface area contributed by atoms with Gasteiger partial charge in [0.2, 0.25) is 0 Å². The molecule has 2 aromatic carbocycles. The smallest absolute Gasteiger partial charge is 0.274 e. The number of carbonyl (C=O) groups excluding carboxylic acids is 1. The zero-order chi connectivity index (χ0) is 19.0. The van der Waals surface area contributed by atoms with Crippen LogP contribution in [-0.4, -0.2) is 35.0 Å². The standard InChI is InChI=1S/C21H21ClN2O2S/c1-13-6-7-14(2)16(12-13)20(25)24-10-8-15(9-11-24)26-21-23-19-17(22)4-3-5-18(19)27-21/h3-7,12,15H,8-11H2,1-2H3. The zero-order valence-electron chi connectivity index (χ0n) is 15.4. The number of likely N-dealkylation sites (tertiary alicyclic amines) is 1. The Morgan fingerprint density at radius 2 is 2.00 bits per heavy atom. The van der Waals surface area contributed by atoms with Crippen molar-refractivity contribution in [2.24, 2.45) is 0 Å². The quantitative estimate of drug-likeness (QED) is 0.603. The van der Waals surface area contributed by atoms with E-state index in [0.717, 1.165) is 39.7 Å². The Morgan fingerprint density at radius 3 is 2.74 bits per heavy atom. The molecule has 0 saturated carbocycles. The number of hydrogen-bond donors (Lipinski definition) is 0. The number of nitrogens with zero attached hydrogens (tertiary/aromatic N) is 2. The van der Waals surface area contributed by atoms with Crippen LogP contribution in [0.3, 0.4) is 0 Å². The summed E-state index contributed by atoms with van der Waals surface area (Å²) in [7, 11) is 0. The second-order valence-corrected chi connectivity index (χ2v) is 8.39. The maximum absolute atomic E-state index is 12.9. The highest BCUT2D eigenvalue weighted by atomic mass is 35.5. The van der Waals surface area contributed by atoms with Crippen molar-refractivity contribution >= 4 is 39.1 Å². The summed E-state index contributed by atoms with van der Waals surface area (Å²) >= 11 is 7.71. The Bertz CT molecular complexity index is 993. The largest absolute Gasteiger partial charge is 0.467 e. The number of carbonyl (C=O) groups is 1. The van der Waals surface area contributed by atoms with E-state index in [2.05, 4.69) is 4.98 Å². The summed E-state index contributed by atoms with van der Waals surface area (Å²) < 4.78 is 7.11. The first-order chi connectivity index (χ1) is 13.0. The van der Waals surface area contributed by atoms with Crippen LogP contribution in [0.5, 0.6) is 5.19 Å². The third-order valence-corrected chi connectivity index (χ3v) is 6.19. The first kappa shape index (κ1) is 18.3. The Hall–Kier alpha value is -2.11. The molecule has 6 heteroatoms. The van der Waals surface area contributed by atoms with E-state index in [9.17, 15) is 4.79 Å². The molecule has 3 aromatic rings. The van der Waals surface area contributed by atoms with E-state index < -0.39 is 0 Å². The number of rotatable bonds is 3. The van der Waals surface area contributed by atoms with Gasteiger partial charge in [-0.05, 0) is 37.6 Å². The molecule has 0 atom stereocenters. The van der Waals surface area contributed by atoms with E-state index in [1.54, 1.807) is 0 Å². The van der Waals surface area contributed by atoms with Gasteiger partial charge in [0.1, 0.15) is 11.6 Å². The van der Waals surface area contributed by atoms with Gasteiger partial charge < -0.3 is 9.64 Å². The number of thiazole rings is 1. The molecule has 1 aromatic heterocycles. The fourth-order valence-corrected chi connectivity index (χ4v) is 4.58. The SMILES string of the molecule is Cc1ccc(C)c(C(=O)N2CCC(Oc3nc4c(Cl)cccc4s3)CC2)c1. The third kappa shape index (κ3) is 3.80. The van der Waals surface area contributed by atoms with Crippen LogP contribution in [-0.2, 0) is 0 Å². The maximum atomic E-state index is 12.9. The molecular formula is C21H21ClN2O2S. The van der Waals surface area contributed by atoms with E-state index in [1.165, 1.54) is 11.3 Å². The highest BCUT2D eigenvalue weighted by Gasteiger charge is 2.26. The maximum Gasteiger partial charge on any atom is 0.274 e. The molecule has 27 heavy (non-hydrogen) atoms. The zero-order valence-corrected chi connectivity index (χ0v) is 16.9. The third-order valence-electron chi connectivity index (χ3n) is 4.97. The van der Waals surface area contributed by atoms with E-state index in [-0.39, 0.29) is 12.0 Å². The molecule has 1 aliphatic rings. The number of hydrogen-bond acceptors (Lipinski definition) is 4. The summed E-state index contributed by atoms with van der Waals surface area (Å²) in [5.41, 5.74) is 3.73. The lowest BCUT2D eigenvalue weighted by Gasteiger charge is -2.32. The average molecular weight is 401 g/mol. The summed E-state index contributed by atoms with van der Waals surface area (Å²) in [6.07, 6.45) is 1.69. The Kier molecular flexibility index (Phi) is 5.06. The van der Waals surface area contributed by atoms with Crippen LogP contribution in [0, 0.1) is 13.8 Å². The average Bonchev–Trinajstić information content (AvgIpc) is 3.08. The van der Waals surface area contributed by atoms with Gasteiger partial charge in [-0.25, -0.2) is 4.98 Å². The van der Waals surface area contributed by atoms with Gasteiger partial charge in [-0.15, -0.1) is 0 Å². The first-order valence-electron chi connectivity index (χ1n) is 9.09. The number of benzene rings is 2. The van der Waals surface area contributed by atoms with Crippen molar-refractivity contribution in [2.45, 2.75) is 32.8 Å². The second kappa shape index (κ2) is 7.49. The minimum absolute atomic E-state index is 0.0759. The van der Waals surface area contributed by atoms with Gasteiger partial charge in [-0.3, -0.25) is 4.79 Å². The molecule has 2 heterocycles. The lowest BCUT2D eigenvalue weighted by atomic mass is 10.0. The number of halogens is 1. The normalized spacial score (nSPS) is 15.3. The summed E-state index contributed by atoms with van der Waals surface area (Å²) in [5.74, 6) is 0.112. The number of aryl methyl sites for hydroxylation is 2. The van der Waals surface area contributed by atoms with Crippen molar-refractivity contribution in [3.8, 4) is 5.19 Å². The first-order valence-corrected chi connectivity index (χ1v) is 10.3. The van der Waals surface area contributed by atoms with Gasteiger partial charge in [-0.1, -0.05) is 46.7 Å². The molecule has 1 amide bonds. The Labute approximate surface area is 167 Å². The van der Waals surface area contributed by atoms with Gasteiger partial charge in [0.05, 0.1) is 9.72 Å². The highest BCUT2D eigenvalue weighted by Crippen LogP contribution is 2.33. The van der Waals surface area contributed by atoms with Gasteiger partial charge in [0, 0.05) is 31.5 Å². The van der Waals surface area contributed by atoms with Crippen LogP contribution in [0.15, 0.2) is 36.4 Å². The fourth-order valence-electron chi connectivity index (χ4n) is 3.40. The van der Waals surface area contributed by atoms with Crippen LogP contribution >= 0.6 is 22.9 Å². The predicted molar refractivity (Wildman–Crippen MR) is 110 cm³/mol. The minimum atomic E-state index is 0.0759. The Morgan fingerprint density at radius 1 is 1.22 bits per heavy atom. The van der Waals surface area contributed by atoms with E-state index in [0.29, 0.717) is 23.3 Å². The summed E-state index contributed by atoms with van der Waals surface area (Å²) in [5, 5.41) is 1.30. The van der Waals surface area contributed by atoms with Gasteiger partial charge in [0.15, 0.2) is 0 Å². The molecule has 0 bridgehead atoms. The Balaban J connectivity index is 1.40. The number of amides is 1. The molecule has 4 nitrogen and oxygen atoms in total. The molecular weight excluding hydrogens is 380 g/mol. The van der Waals surface area contributed by atoms with Crippen molar-refractivity contribution in [1.82, 2.24) is 9.88 Å². The molecule has 0 radical (unpaired) electrons. The minimum Gasteiger partial charge on any atom is -0.467 e. The van der Waals surface area contributed by atoms with E-state index in [1.807, 2.05) is 55.1 Å². The number of ether oxygens (including phenoxy) is 1. The predicted octanol–water partition coefficient (Wildman–Crippen LogP) is 5.25. The molecule has 1 saturated heterocycles. The molecule has 0 unspecified atom stereocenters. The monoisotopic (exact) mass is 400 g/mol. The molecule has 4 rings (SSSR count). The van der Waals surface area contributed by atoms with Gasteiger partial charge in [-0.2, -0.15) is 0 Å². The summed E-state index contributed by atoms with van der Waals surface area (Å²) in [6, 6.07) is 11.8. The number of aromatic nitrogens is 1. The lowest BCUT2D eigenvalue weighted by molar-refractivity contribution is 0.0595. The number of fused-ring (bicyclic) bond motifs is 1. The van der Waals surface area contributed by atoms with Crippen molar-refractivity contribution in [3.05, 3.63) is 58.1 Å². The summed E-state index contributed by atoms with van der Waals surface area (Å²) in [6.45, 7) is 5.40. The molecule has 1 fully saturated rings. The number of para-hydroxylation sites is 1. The molecule has 0 N–H and O–H groups in total. The molecule has 140 valence electrons. The van der Waals surface area contributed by atoms with Crippen LogP contribution in [0.2, 0.25) is 5.02 Å². The van der Waals surface area contributed by atoms with Crippen LogP contribution < -0.4 is 4.74 Å². The van der Waals surface area contributed by atoms with Crippen LogP contribution in [0.25, 0.3) is 10.2 Å². The van der Waals surface area contributed by atoms with E-state index >= 15 is 0 Å². The molecule has 0 spiro atoms. The second-order valence-electron chi connectivity index (χ2n) is 6.99. The van der Waals surface area contributed by atoms with Crippen molar-refractivity contribution in [3.63, 3.8) is 0 Å². The van der Waals surface area contributed by atoms with Gasteiger partial charge >= 0.3 is 0 Å². The van der Waals surface area contributed by atoms with Crippen LogP contribution in [0.1, 0.15) is 34.3 Å². The fraction of sp³-hybridized carbons (Fsp3) is 0.333. The van der Waals surface area contributed by atoms with E-state index in [4.69, 9.17) is 16.3 Å². The molecule has 0 aliphatic carbocycles. The van der Waals surface area contributed by atoms with Crippen LogP contribution in [0.4, 0.5) is 0 Å². The highest BCUT2D eigenvalue weighted by molar-refractivity contribution is 7.20. The summed E-state index contributed by atoms with van der Waals surface area (Å²) in [4.78, 5) is 19.3. The van der Waals surface area contributed by atoms with Crippen molar-refractivity contribution in [2.75, 3.05) is 13.1 Å². The van der Waals surface area contributed by atoms with Crippen molar-refractivity contribution < 1.29 is 9.53 Å². The number of piperidine rings is 1. The topological polar surface area (TPSA) is 42.4 Å². The van der Waals surface area contributed by atoms with Crippen molar-refractivity contribution in [1.29, 1.82) is 0 Å². The van der Waals surface area contributed by atoms with Gasteiger partial charge in [0.25, 0.3) is 11.1 Å². The molecule has 1 aliphatic heterocycles. The lowest BCUT2D eigenvalue weighted by Crippen LogP contribution is -2.42.